The monoisotopic (exact) mass is 282 g/mol. The molecule has 0 aliphatic rings. The first kappa shape index (κ1) is 15.1. The Morgan fingerprint density at radius 1 is 0.952 bits per heavy atom. The molecule has 0 atom stereocenters. The zero-order valence-electron chi connectivity index (χ0n) is 12.8. The Bertz CT molecular complexity index is 586. The van der Waals surface area contributed by atoms with Crippen LogP contribution in [0.15, 0.2) is 48.5 Å². The summed E-state index contributed by atoms with van der Waals surface area (Å²) in [5.74, 6) is 0.406. The molecule has 0 saturated carbocycles. The van der Waals surface area contributed by atoms with E-state index in [1.54, 1.807) is 0 Å². The minimum Gasteiger partial charge on any atom is -0.385 e. The van der Waals surface area contributed by atoms with Crippen LogP contribution in [0.5, 0.6) is 0 Å². The Labute approximate surface area is 126 Å². The summed E-state index contributed by atoms with van der Waals surface area (Å²) in [5.41, 5.74) is 3.77. The van der Waals surface area contributed by atoms with Crippen LogP contribution >= 0.6 is 0 Å². The van der Waals surface area contributed by atoms with Gasteiger partial charge in [-0.1, -0.05) is 26.0 Å². The molecule has 0 saturated heterocycles. The molecule has 0 bridgehead atoms. The lowest BCUT2D eigenvalue weighted by molar-refractivity contribution is 0.102. The van der Waals surface area contributed by atoms with Crippen molar-refractivity contribution in [3.05, 3.63) is 59.7 Å². The molecule has 2 aromatic rings. The van der Waals surface area contributed by atoms with Crippen molar-refractivity contribution in [1.82, 2.24) is 0 Å². The number of amides is 1. The maximum absolute atomic E-state index is 12.2. The number of carbonyl (C=O) groups excluding carboxylic acids is 1. The molecule has 3 heteroatoms. The number of benzene rings is 2. The number of anilines is 2. The first-order valence-corrected chi connectivity index (χ1v) is 7.35. The summed E-state index contributed by atoms with van der Waals surface area (Å²) in [7, 11) is 0. The molecule has 21 heavy (non-hydrogen) atoms. The van der Waals surface area contributed by atoms with Crippen LogP contribution in [0.2, 0.25) is 0 Å². The normalized spacial score (nSPS) is 10.5. The van der Waals surface area contributed by atoms with E-state index in [0.29, 0.717) is 11.5 Å². The summed E-state index contributed by atoms with van der Waals surface area (Å²) in [5, 5.41) is 6.12. The lowest BCUT2D eigenvalue weighted by atomic mass is 10.0. The SMILES string of the molecule is CCNc1ccc(C(=O)Nc2ccc(C(C)C)cc2)cc1. The lowest BCUT2D eigenvalue weighted by Crippen LogP contribution is -2.11. The van der Waals surface area contributed by atoms with E-state index in [2.05, 4.69) is 36.6 Å². The fourth-order valence-corrected chi connectivity index (χ4v) is 2.10. The van der Waals surface area contributed by atoms with E-state index in [-0.39, 0.29) is 5.91 Å². The van der Waals surface area contributed by atoms with Crippen molar-refractivity contribution in [2.24, 2.45) is 0 Å². The minimum atomic E-state index is -0.0876. The molecule has 3 nitrogen and oxygen atoms in total. The molecule has 0 aliphatic heterocycles. The molecule has 0 spiro atoms. The Morgan fingerprint density at radius 3 is 2.05 bits per heavy atom. The van der Waals surface area contributed by atoms with Crippen LogP contribution in [0.25, 0.3) is 0 Å². The molecule has 0 fully saturated rings. The topological polar surface area (TPSA) is 41.1 Å². The van der Waals surface area contributed by atoms with E-state index in [1.807, 2.05) is 43.3 Å². The van der Waals surface area contributed by atoms with E-state index >= 15 is 0 Å². The van der Waals surface area contributed by atoms with Gasteiger partial charge in [0, 0.05) is 23.5 Å². The van der Waals surface area contributed by atoms with Crippen molar-refractivity contribution < 1.29 is 4.79 Å². The Kier molecular flexibility index (Phi) is 4.99. The predicted molar refractivity (Wildman–Crippen MR) is 89.1 cm³/mol. The van der Waals surface area contributed by atoms with Gasteiger partial charge < -0.3 is 10.6 Å². The molecular formula is C18H22N2O. The minimum absolute atomic E-state index is 0.0876. The average molecular weight is 282 g/mol. The summed E-state index contributed by atoms with van der Waals surface area (Å²) in [4.78, 5) is 12.2. The van der Waals surface area contributed by atoms with Gasteiger partial charge in [-0.25, -0.2) is 0 Å². The quantitative estimate of drug-likeness (QED) is 0.848. The van der Waals surface area contributed by atoms with Crippen molar-refractivity contribution in [3.8, 4) is 0 Å². The molecule has 0 aromatic heterocycles. The summed E-state index contributed by atoms with van der Waals surface area (Å²) in [6.07, 6.45) is 0. The van der Waals surface area contributed by atoms with Gasteiger partial charge in [-0.15, -0.1) is 0 Å². The van der Waals surface area contributed by atoms with Crippen LogP contribution in [0.4, 0.5) is 11.4 Å². The number of nitrogens with one attached hydrogen (secondary N) is 2. The van der Waals surface area contributed by atoms with Crippen LogP contribution in [-0.4, -0.2) is 12.5 Å². The van der Waals surface area contributed by atoms with Gasteiger partial charge in [-0.05, 0) is 54.8 Å². The highest BCUT2D eigenvalue weighted by atomic mass is 16.1. The van der Waals surface area contributed by atoms with Crippen LogP contribution in [0.1, 0.15) is 42.6 Å². The molecule has 0 heterocycles. The van der Waals surface area contributed by atoms with E-state index in [0.717, 1.165) is 17.9 Å². The van der Waals surface area contributed by atoms with Crippen LogP contribution in [0.3, 0.4) is 0 Å². The summed E-state index contributed by atoms with van der Waals surface area (Å²) in [6, 6.07) is 15.5. The summed E-state index contributed by atoms with van der Waals surface area (Å²) < 4.78 is 0. The van der Waals surface area contributed by atoms with E-state index in [4.69, 9.17) is 0 Å². The second kappa shape index (κ2) is 6.93. The molecule has 2 aromatic carbocycles. The van der Waals surface area contributed by atoms with Gasteiger partial charge in [0.1, 0.15) is 0 Å². The standard InChI is InChI=1S/C18H22N2O/c1-4-19-16-9-7-15(8-10-16)18(21)20-17-11-5-14(6-12-17)13(2)3/h5-13,19H,4H2,1-3H3,(H,20,21). The zero-order valence-corrected chi connectivity index (χ0v) is 12.8. The van der Waals surface area contributed by atoms with Crippen molar-refractivity contribution >= 4 is 17.3 Å². The van der Waals surface area contributed by atoms with Gasteiger partial charge in [0.05, 0.1) is 0 Å². The summed E-state index contributed by atoms with van der Waals surface area (Å²) >= 11 is 0. The number of rotatable bonds is 5. The van der Waals surface area contributed by atoms with Gasteiger partial charge in [0.2, 0.25) is 0 Å². The maximum atomic E-state index is 12.2. The third-order valence-electron chi connectivity index (χ3n) is 3.36. The van der Waals surface area contributed by atoms with Crippen LogP contribution < -0.4 is 10.6 Å². The Balaban J connectivity index is 2.03. The molecule has 0 radical (unpaired) electrons. The Hall–Kier alpha value is -2.29. The molecule has 2 N–H and O–H groups in total. The molecule has 0 unspecified atom stereocenters. The average Bonchev–Trinajstić information content (AvgIpc) is 2.49. The third kappa shape index (κ3) is 4.09. The first-order valence-electron chi connectivity index (χ1n) is 7.35. The number of hydrogen-bond acceptors (Lipinski definition) is 2. The fraction of sp³-hybridized carbons (Fsp3) is 0.278. The first-order chi connectivity index (χ1) is 10.1. The largest absolute Gasteiger partial charge is 0.385 e. The van der Waals surface area contributed by atoms with Crippen LogP contribution in [-0.2, 0) is 0 Å². The highest BCUT2D eigenvalue weighted by Gasteiger charge is 2.06. The molecule has 0 aliphatic carbocycles. The predicted octanol–water partition coefficient (Wildman–Crippen LogP) is 4.49. The zero-order chi connectivity index (χ0) is 15.2. The molecule has 110 valence electrons. The van der Waals surface area contributed by atoms with Crippen molar-refractivity contribution in [1.29, 1.82) is 0 Å². The number of hydrogen-bond donors (Lipinski definition) is 2. The summed E-state index contributed by atoms with van der Waals surface area (Å²) in [6.45, 7) is 7.22. The highest BCUT2D eigenvalue weighted by molar-refractivity contribution is 6.04. The maximum Gasteiger partial charge on any atom is 0.255 e. The van der Waals surface area contributed by atoms with Crippen molar-refractivity contribution in [3.63, 3.8) is 0 Å². The van der Waals surface area contributed by atoms with Crippen molar-refractivity contribution in [2.75, 3.05) is 17.2 Å². The van der Waals surface area contributed by atoms with E-state index in [9.17, 15) is 4.79 Å². The van der Waals surface area contributed by atoms with Crippen molar-refractivity contribution in [2.45, 2.75) is 26.7 Å². The lowest BCUT2D eigenvalue weighted by Gasteiger charge is -2.09. The van der Waals surface area contributed by atoms with Gasteiger partial charge in [0.25, 0.3) is 5.91 Å². The molecule has 2 rings (SSSR count). The fourth-order valence-electron chi connectivity index (χ4n) is 2.10. The molecule has 1 amide bonds. The van der Waals surface area contributed by atoms with Gasteiger partial charge in [-0.3, -0.25) is 4.79 Å². The van der Waals surface area contributed by atoms with Crippen LogP contribution in [0, 0.1) is 0 Å². The van der Waals surface area contributed by atoms with E-state index in [1.165, 1.54) is 5.56 Å². The highest BCUT2D eigenvalue weighted by Crippen LogP contribution is 2.18. The second-order valence-electron chi connectivity index (χ2n) is 5.34. The smallest absolute Gasteiger partial charge is 0.255 e. The van der Waals surface area contributed by atoms with E-state index < -0.39 is 0 Å². The molecular weight excluding hydrogens is 260 g/mol. The third-order valence-corrected chi connectivity index (χ3v) is 3.36. The second-order valence-corrected chi connectivity index (χ2v) is 5.34. The Morgan fingerprint density at radius 2 is 1.52 bits per heavy atom. The van der Waals surface area contributed by atoms with Gasteiger partial charge in [-0.2, -0.15) is 0 Å². The van der Waals surface area contributed by atoms with Gasteiger partial charge >= 0.3 is 0 Å². The number of carbonyl (C=O) groups is 1. The van der Waals surface area contributed by atoms with Gasteiger partial charge in [0.15, 0.2) is 0 Å².